The van der Waals surface area contributed by atoms with Crippen molar-refractivity contribution in [3.05, 3.63) is 42.0 Å². The summed E-state index contributed by atoms with van der Waals surface area (Å²) in [5.41, 5.74) is 1.16. The molecule has 19 heavy (non-hydrogen) atoms. The smallest absolute Gasteiger partial charge is 0.323 e. The molecule has 0 saturated heterocycles. The van der Waals surface area contributed by atoms with Crippen LogP contribution in [0.15, 0.2) is 36.4 Å². The lowest BCUT2D eigenvalue weighted by Crippen LogP contribution is -2.43. The fourth-order valence-electron chi connectivity index (χ4n) is 2.23. The second kappa shape index (κ2) is 6.38. The van der Waals surface area contributed by atoms with Gasteiger partial charge < -0.3 is 9.47 Å². The topological polar surface area (TPSA) is 38.8 Å². The largest absolute Gasteiger partial charge is 0.497 e. The summed E-state index contributed by atoms with van der Waals surface area (Å²) in [4.78, 5) is 13.9. The normalized spacial score (nSPS) is 19.2. The van der Waals surface area contributed by atoms with Gasteiger partial charge in [-0.1, -0.05) is 24.3 Å². The number of carbonyl (C=O) groups excluding carboxylic acids is 1. The first-order chi connectivity index (χ1) is 9.24. The molecule has 0 bridgehead atoms. The molecular formula is C15H19NO3. The molecule has 0 amide bonds. The molecule has 0 saturated carbocycles. The van der Waals surface area contributed by atoms with Gasteiger partial charge in [0.25, 0.3) is 0 Å². The number of carbonyl (C=O) groups is 1. The number of benzene rings is 1. The minimum Gasteiger partial charge on any atom is -0.497 e. The van der Waals surface area contributed by atoms with Gasteiger partial charge in [-0.3, -0.25) is 9.69 Å². The second-order valence-electron chi connectivity index (χ2n) is 4.52. The Bertz CT molecular complexity index is 453. The van der Waals surface area contributed by atoms with Gasteiger partial charge in [0.2, 0.25) is 0 Å². The fourth-order valence-corrected chi connectivity index (χ4v) is 2.23. The summed E-state index contributed by atoms with van der Waals surface area (Å²) < 4.78 is 10.00. The van der Waals surface area contributed by atoms with Crippen molar-refractivity contribution in [2.24, 2.45) is 0 Å². The Labute approximate surface area is 113 Å². The van der Waals surface area contributed by atoms with Crippen LogP contribution in [0.1, 0.15) is 12.0 Å². The second-order valence-corrected chi connectivity index (χ2v) is 4.52. The highest BCUT2D eigenvalue weighted by Gasteiger charge is 2.27. The maximum atomic E-state index is 11.8. The molecule has 1 atom stereocenters. The zero-order valence-corrected chi connectivity index (χ0v) is 11.3. The summed E-state index contributed by atoms with van der Waals surface area (Å²) in [5.74, 6) is 0.671. The van der Waals surface area contributed by atoms with Crippen molar-refractivity contribution in [1.29, 1.82) is 0 Å². The summed E-state index contributed by atoms with van der Waals surface area (Å²) in [6, 6.07) is 7.72. The average molecular weight is 261 g/mol. The van der Waals surface area contributed by atoms with Crippen LogP contribution in [0, 0.1) is 0 Å². The number of hydrogen-bond acceptors (Lipinski definition) is 4. The maximum absolute atomic E-state index is 11.8. The summed E-state index contributed by atoms with van der Waals surface area (Å²) in [6.45, 7) is 1.50. The van der Waals surface area contributed by atoms with Gasteiger partial charge in [-0.05, 0) is 24.1 Å². The molecule has 2 rings (SSSR count). The molecule has 0 unspecified atom stereocenters. The molecule has 102 valence electrons. The Kier molecular flexibility index (Phi) is 4.58. The molecule has 0 aromatic heterocycles. The molecule has 0 fully saturated rings. The minimum absolute atomic E-state index is 0.169. The molecule has 4 nitrogen and oxygen atoms in total. The fraction of sp³-hybridized carbons (Fsp3) is 0.400. The van der Waals surface area contributed by atoms with Crippen LogP contribution in [0.5, 0.6) is 5.75 Å². The Morgan fingerprint density at radius 1 is 1.26 bits per heavy atom. The maximum Gasteiger partial charge on any atom is 0.323 e. The minimum atomic E-state index is -0.183. The zero-order valence-electron chi connectivity index (χ0n) is 11.3. The van der Waals surface area contributed by atoms with Crippen molar-refractivity contribution in [1.82, 2.24) is 4.90 Å². The standard InChI is InChI=1S/C15H19NO3/c1-18-13-8-6-12(7-9-13)11-16-10-4-3-5-14(16)15(17)19-2/h3-4,6-9,14H,5,10-11H2,1-2H3/t14-/m1/s1. The van der Waals surface area contributed by atoms with Crippen LogP contribution in [0.4, 0.5) is 0 Å². The van der Waals surface area contributed by atoms with Crippen molar-refractivity contribution < 1.29 is 14.3 Å². The molecule has 1 aliphatic rings. The highest BCUT2D eigenvalue weighted by molar-refractivity contribution is 5.76. The molecule has 0 aliphatic carbocycles. The van der Waals surface area contributed by atoms with Crippen LogP contribution < -0.4 is 4.74 Å². The van der Waals surface area contributed by atoms with Gasteiger partial charge in [0.15, 0.2) is 0 Å². The molecule has 1 aliphatic heterocycles. The number of esters is 1. The summed E-state index contributed by atoms with van der Waals surface area (Å²) in [5, 5.41) is 0. The summed E-state index contributed by atoms with van der Waals surface area (Å²) in [6.07, 6.45) is 4.83. The van der Waals surface area contributed by atoms with Gasteiger partial charge in [-0.15, -0.1) is 0 Å². The first-order valence-electron chi connectivity index (χ1n) is 6.34. The lowest BCUT2D eigenvalue weighted by atomic mass is 10.1. The third-order valence-electron chi connectivity index (χ3n) is 3.32. The number of ether oxygens (including phenoxy) is 2. The van der Waals surface area contributed by atoms with Gasteiger partial charge in [0.1, 0.15) is 11.8 Å². The van der Waals surface area contributed by atoms with E-state index in [1.54, 1.807) is 7.11 Å². The third-order valence-corrected chi connectivity index (χ3v) is 3.32. The van der Waals surface area contributed by atoms with Crippen molar-refractivity contribution in [2.45, 2.75) is 19.0 Å². The van der Waals surface area contributed by atoms with E-state index in [0.29, 0.717) is 6.42 Å². The van der Waals surface area contributed by atoms with Crippen LogP contribution in [0.2, 0.25) is 0 Å². The van der Waals surface area contributed by atoms with Gasteiger partial charge in [-0.2, -0.15) is 0 Å². The van der Waals surface area contributed by atoms with Crippen molar-refractivity contribution in [2.75, 3.05) is 20.8 Å². The molecule has 0 spiro atoms. The van der Waals surface area contributed by atoms with E-state index in [1.807, 2.05) is 30.3 Å². The first kappa shape index (κ1) is 13.6. The van der Waals surface area contributed by atoms with E-state index in [2.05, 4.69) is 11.0 Å². The predicted octanol–water partition coefficient (Wildman–Crippen LogP) is 2.00. The summed E-state index contributed by atoms with van der Waals surface area (Å²) >= 11 is 0. The van der Waals surface area contributed by atoms with Gasteiger partial charge in [-0.25, -0.2) is 0 Å². The molecule has 1 aromatic rings. The molecule has 4 heteroatoms. The number of hydrogen-bond donors (Lipinski definition) is 0. The third kappa shape index (κ3) is 3.35. The van der Waals surface area contributed by atoms with E-state index >= 15 is 0 Å². The van der Waals surface area contributed by atoms with Crippen LogP contribution >= 0.6 is 0 Å². The predicted molar refractivity (Wildman–Crippen MR) is 73.0 cm³/mol. The average Bonchev–Trinajstić information content (AvgIpc) is 2.48. The Morgan fingerprint density at radius 2 is 2.00 bits per heavy atom. The van der Waals surface area contributed by atoms with Crippen molar-refractivity contribution in [3.8, 4) is 5.75 Å². The highest BCUT2D eigenvalue weighted by atomic mass is 16.5. The number of nitrogens with zero attached hydrogens (tertiary/aromatic N) is 1. The van der Waals surface area contributed by atoms with E-state index in [4.69, 9.17) is 9.47 Å². The monoisotopic (exact) mass is 261 g/mol. The first-order valence-corrected chi connectivity index (χ1v) is 6.34. The molecule has 0 N–H and O–H groups in total. The Hall–Kier alpha value is -1.81. The van der Waals surface area contributed by atoms with Crippen LogP contribution in [0.25, 0.3) is 0 Å². The van der Waals surface area contributed by atoms with E-state index in [9.17, 15) is 4.79 Å². The lowest BCUT2D eigenvalue weighted by Gasteiger charge is -2.30. The quantitative estimate of drug-likeness (QED) is 0.614. The SMILES string of the molecule is COC(=O)[C@H]1CC=CCN1Cc1ccc(OC)cc1. The van der Waals surface area contributed by atoms with Crippen molar-refractivity contribution in [3.63, 3.8) is 0 Å². The van der Waals surface area contributed by atoms with E-state index < -0.39 is 0 Å². The highest BCUT2D eigenvalue weighted by Crippen LogP contribution is 2.18. The van der Waals surface area contributed by atoms with E-state index in [1.165, 1.54) is 7.11 Å². The van der Waals surface area contributed by atoms with Crippen LogP contribution in [-0.4, -0.2) is 37.7 Å². The number of methoxy groups -OCH3 is 2. The Morgan fingerprint density at radius 3 is 2.63 bits per heavy atom. The molecule has 0 radical (unpaired) electrons. The van der Waals surface area contributed by atoms with Gasteiger partial charge >= 0.3 is 5.97 Å². The van der Waals surface area contributed by atoms with Gasteiger partial charge in [0.05, 0.1) is 14.2 Å². The van der Waals surface area contributed by atoms with Gasteiger partial charge in [0, 0.05) is 13.1 Å². The van der Waals surface area contributed by atoms with E-state index in [-0.39, 0.29) is 12.0 Å². The zero-order chi connectivity index (χ0) is 13.7. The van der Waals surface area contributed by atoms with Crippen molar-refractivity contribution >= 4 is 5.97 Å². The van der Waals surface area contributed by atoms with E-state index in [0.717, 1.165) is 24.4 Å². The number of rotatable bonds is 4. The molecule has 1 heterocycles. The van der Waals surface area contributed by atoms with Crippen LogP contribution in [0.3, 0.4) is 0 Å². The molecular weight excluding hydrogens is 242 g/mol. The summed E-state index contributed by atoms with van der Waals surface area (Å²) in [7, 11) is 3.09. The molecule has 1 aromatic carbocycles. The van der Waals surface area contributed by atoms with Crippen LogP contribution in [-0.2, 0) is 16.1 Å². The Balaban J connectivity index is 2.06. The lowest BCUT2D eigenvalue weighted by molar-refractivity contribution is -0.147.